The zero-order chi connectivity index (χ0) is 20.8. The van der Waals surface area contributed by atoms with E-state index in [-0.39, 0.29) is 18.0 Å². The number of aryl methyl sites for hydroxylation is 1. The van der Waals surface area contributed by atoms with Gasteiger partial charge in [0.25, 0.3) is 11.6 Å². The van der Waals surface area contributed by atoms with Gasteiger partial charge in [0.15, 0.2) is 4.80 Å². The average Bonchev–Trinajstić information content (AvgIpc) is 3.04. The lowest BCUT2D eigenvalue weighted by Crippen LogP contribution is -2.18. The van der Waals surface area contributed by atoms with Crippen LogP contribution in [-0.2, 0) is 17.8 Å². The SMILES string of the molecule is CCOc1ccc(CC(=O)N=c2sc3cc([N+](=O)[O-])ccc3n2CCSC)cc1. The van der Waals surface area contributed by atoms with Crippen LogP contribution in [0.2, 0.25) is 0 Å². The van der Waals surface area contributed by atoms with Crippen LogP contribution >= 0.6 is 23.1 Å². The van der Waals surface area contributed by atoms with Crippen LogP contribution in [0.15, 0.2) is 47.5 Å². The maximum Gasteiger partial charge on any atom is 0.270 e. The van der Waals surface area contributed by atoms with Gasteiger partial charge in [-0.05, 0) is 36.9 Å². The number of nitro groups is 1. The van der Waals surface area contributed by atoms with E-state index < -0.39 is 4.92 Å². The number of amides is 1. The summed E-state index contributed by atoms with van der Waals surface area (Å²) >= 11 is 2.98. The molecule has 0 saturated carbocycles. The maximum absolute atomic E-state index is 12.6. The number of carbonyl (C=O) groups is 1. The Bertz CT molecular complexity index is 1090. The molecule has 0 spiro atoms. The van der Waals surface area contributed by atoms with Crippen LogP contribution < -0.4 is 9.54 Å². The Balaban J connectivity index is 1.92. The number of non-ortho nitro benzene ring substituents is 1. The van der Waals surface area contributed by atoms with Gasteiger partial charge in [0.2, 0.25) is 0 Å². The number of thioether (sulfide) groups is 1. The van der Waals surface area contributed by atoms with Crippen LogP contribution in [-0.4, -0.2) is 34.0 Å². The number of hydrogen-bond acceptors (Lipinski definition) is 6. The molecule has 0 aliphatic carbocycles. The average molecular weight is 432 g/mol. The lowest BCUT2D eigenvalue weighted by atomic mass is 10.1. The molecule has 1 amide bonds. The van der Waals surface area contributed by atoms with Crippen molar-refractivity contribution in [2.45, 2.75) is 19.9 Å². The molecule has 7 nitrogen and oxygen atoms in total. The topological polar surface area (TPSA) is 86.7 Å². The Morgan fingerprint density at radius 2 is 2.03 bits per heavy atom. The molecule has 0 aliphatic heterocycles. The van der Waals surface area contributed by atoms with Crippen LogP contribution in [0.1, 0.15) is 12.5 Å². The van der Waals surface area contributed by atoms with E-state index in [0.29, 0.717) is 18.0 Å². The number of hydrogen-bond donors (Lipinski definition) is 0. The molecule has 2 aromatic carbocycles. The van der Waals surface area contributed by atoms with E-state index in [0.717, 1.165) is 27.3 Å². The largest absolute Gasteiger partial charge is 0.494 e. The Kier molecular flexibility index (Phi) is 7.05. The molecule has 29 heavy (non-hydrogen) atoms. The fourth-order valence-electron chi connectivity index (χ4n) is 2.85. The van der Waals surface area contributed by atoms with Gasteiger partial charge in [-0.25, -0.2) is 0 Å². The minimum Gasteiger partial charge on any atom is -0.494 e. The van der Waals surface area contributed by atoms with Crippen molar-refractivity contribution in [3.63, 3.8) is 0 Å². The summed E-state index contributed by atoms with van der Waals surface area (Å²) in [5.41, 5.74) is 1.74. The minimum absolute atomic E-state index is 0.0306. The van der Waals surface area contributed by atoms with E-state index >= 15 is 0 Å². The second-order valence-electron chi connectivity index (χ2n) is 6.20. The highest BCUT2D eigenvalue weighted by molar-refractivity contribution is 7.98. The van der Waals surface area contributed by atoms with Crippen LogP contribution in [0.5, 0.6) is 5.75 Å². The van der Waals surface area contributed by atoms with Crippen molar-refractivity contribution in [1.29, 1.82) is 0 Å². The summed E-state index contributed by atoms with van der Waals surface area (Å²) < 4.78 is 8.11. The van der Waals surface area contributed by atoms with Crippen molar-refractivity contribution in [2.75, 3.05) is 18.6 Å². The molecule has 0 unspecified atom stereocenters. The molecule has 0 N–H and O–H groups in total. The number of nitro benzene ring substituents is 1. The molecule has 1 heterocycles. The highest BCUT2D eigenvalue weighted by Gasteiger charge is 2.13. The summed E-state index contributed by atoms with van der Waals surface area (Å²) in [4.78, 5) is 28.1. The van der Waals surface area contributed by atoms with Crippen LogP contribution in [0, 0.1) is 10.1 Å². The fraction of sp³-hybridized carbons (Fsp3) is 0.300. The predicted octanol–water partition coefficient (Wildman–Crippen LogP) is 4.04. The Hall–Kier alpha value is -2.65. The molecule has 9 heteroatoms. The summed E-state index contributed by atoms with van der Waals surface area (Å²) in [5.74, 6) is 1.36. The minimum atomic E-state index is -0.417. The molecular formula is C20H21N3O4S2. The van der Waals surface area contributed by atoms with Gasteiger partial charge in [-0.15, -0.1) is 0 Å². The first-order valence-electron chi connectivity index (χ1n) is 9.08. The second kappa shape index (κ2) is 9.71. The van der Waals surface area contributed by atoms with E-state index in [1.165, 1.54) is 23.5 Å². The molecule has 0 radical (unpaired) electrons. The van der Waals surface area contributed by atoms with E-state index in [1.807, 2.05) is 42.0 Å². The first kappa shape index (κ1) is 21.1. The van der Waals surface area contributed by atoms with E-state index in [1.54, 1.807) is 17.8 Å². The van der Waals surface area contributed by atoms with Gasteiger partial charge < -0.3 is 9.30 Å². The number of benzene rings is 2. The maximum atomic E-state index is 12.6. The Labute approximate surface area is 176 Å². The number of ether oxygens (including phenoxy) is 1. The molecule has 0 fully saturated rings. The molecule has 1 aromatic heterocycles. The first-order chi connectivity index (χ1) is 14.0. The molecule has 3 rings (SSSR count). The lowest BCUT2D eigenvalue weighted by Gasteiger charge is -2.04. The molecule has 0 saturated heterocycles. The number of thiazole rings is 1. The van der Waals surface area contributed by atoms with E-state index in [4.69, 9.17) is 4.74 Å². The summed E-state index contributed by atoms with van der Waals surface area (Å²) in [5, 5.41) is 11.1. The monoisotopic (exact) mass is 431 g/mol. The highest BCUT2D eigenvalue weighted by atomic mass is 32.2. The third-order valence-corrected chi connectivity index (χ3v) is 5.84. The van der Waals surface area contributed by atoms with Crippen molar-refractivity contribution in [2.24, 2.45) is 4.99 Å². The van der Waals surface area contributed by atoms with Gasteiger partial charge in [0.1, 0.15) is 5.75 Å². The predicted molar refractivity (Wildman–Crippen MR) is 117 cm³/mol. The van der Waals surface area contributed by atoms with Gasteiger partial charge in [-0.1, -0.05) is 23.5 Å². The fourth-order valence-corrected chi connectivity index (χ4v) is 4.32. The van der Waals surface area contributed by atoms with Crippen LogP contribution in [0.3, 0.4) is 0 Å². The second-order valence-corrected chi connectivity index (χ2v) is 8.19. The normalized spacial score (nSPS) is 11.7. The van der Waals surface area contributed by atoms with Crippen molar-refractivity contribution in [1.82, 2.24) is 4.57 Å². The third-order valence-electron chi connectivity index (χ3n) is 4.21. The quantitative estimate of drug-likeness (QED) is 0.397. The Morgan fingerprint density at radius 3 is 2.69 bits per heavy atom. The van der Waals surface area contributed by atoms with Crippen molar-refractivity contribution >= 4 is 44.9 Å². The molecule has 0 bridgehead atoms. The lowest BCUT2D eigenvalue weighted by molar-refractivity contribution is -0.384. The van der Waals surface area contributed by atoms with Crippen LogP contribution in [0.25, 0.3) is 10.2 Å². The molecule has 152 valence electrons. The van der Waals surface area contributed by atoms with Crippen molar-refractivity contribution < 1.29 is 14.5 Å². The number of rotatable bonds is 8. The van der Waals surface area contributed by atoms with E-state index in [2.05, 4.69) is 4.99 Å². The summed E-state index contributed by atoms with van der Waals surface area (Å²) in [6, 6.07) is 12.1. The standard InChI is InChI=1S/C20H21N3O4S2/c1-3-27-16-7-4-14(5-8-16)12-19(24)21-20-22(10-11-28-2)17-9-6-15(23(25)26)13-18(17)29-20/h4-9,13H,3,10-12H2,1-2H3. The summed E-state index contributed by atoms with van der Waals surface area (Å²) in [7, 11) is 0. The number of aromatic nitrogens is 1. The smallest absolute Gasteiger partial charge is 0.270 e. The molecule has 0 atom stereocenters. The highest BCUT2D eigenvalue weighted by Crippen LogP contribution is 2.23. The van der Waals surface area contributed by atoms with Crippen molar-refractivity contribution in [3.8, 4) is 5.75 Å². The van der Waals surface area contributed by atoms with Gasteiger partial charge in [0.05, 0.1) is 28.2 Å². The van der Waals surface area contributed by atoms with Gasteiger partial charge in [-0.3, -0.25) is 14.9 Å². The molecule has 0 aliphatic rings. The summed E-state index contributed by atoms with van der Waals surface area (Å²) in [6.07, 6.45) is 2.19. The molecular weight excluding hydrogens is 410 g/mol. The number of nitrogens with zero attached hydrogens (tertiary/aromatic N) is 3. The molecule has 3 aromatic rings. The van der Waals surface area contributed by atoms with Crippen LogP contribution in [0.4, 0.5) is 5.69 Å². The zero-order valence-corrected chi connectivity index (χ0v) is 17.8. The van der Waals surface area contributed by atoms with Gasteiger partial charge >= 0.3 is 0 Å². The summed E-state index contributed by atoms with van der Waals surface area (Å²) in [6.45, 7) is 3.18. The Morgan fingerprint density at radius 1 is 1.28 bits per heavy atom. The first-order valence-corrected chi connectivity index (χ1v) is 11.3. The van der Waals surface area contributed by atoms with E-state index in [9.17, 15) is 14.9 Å². The van der Waals surface area contributed by atoms with Gasteiger partial charge in [0, 0.05) is 24.4 Å². The van der Waals surface area contributed by atoms with Gasteiger partial charge in [-0.2, -0.15) is 16.8 Å². The number of carbonyl (C=O) groups excluding carboxylic acids is 1. The number of fused-ring (bicyclic) bond motifs is 1. The zero-order valence-electron chi connectivity index (χ0n) is 16.2. The van der Waals surface area contributed by atoms with Crippen molar-refractivity contribution in [3.05, 3.63) is 62.9 Å². The third kappa shape index (κ3) is 5.24.